The summed E-state index contributed by atoms with van der Waals surface area (Å²) < 4.78 is 0. The molecule has 19 heavy (non-hydrogen) atoms. The Morgan fingerprint density at radius 2 is 2.00 bits per heavy atom. The van der Waals surface area contributed by atoms with Crippen LogP contribution in [-0.4, -0.2) is 30.9 Å². The van der Waals surface area contributed by atoms with Gasteiger partial charge in [-0.1, -0.05) is 26.8 Å². The summed E-state index contributed by atoms with van der Waals surface area (Å²) in [7, 11) is 3.83. The number of hydrogen-bond acceptors (Lipinski definition) is 3. The van der Waals surface area contributed by atoms with Gasteiger partial charge in [-0.05, 0) is 44.1 Å². The highest BCUT2D eigenvalue weighted by molar-refractivity contribution is 5.95. The maximum Gasteiger partial charge on any atom is 0.241 e. The molecule has 0 spiro atoms. The lowest BCUT2D eigenvalue weighted by atomic mass is 10.0. The molecule has 0 heterocycles. The van der Waals surface area contributed by atoms with E-state index in [0.717, 1.165) is 23.4 Å². The molecule has 1 aromatic carbocycles. The summed E-state index contributed by atoms with van der Waals surface area (Å²) in [6, 6.07) is 5.54. The summed E-state index contributed by atoms with van der Waals surface area (Å²) in [4.78, 5) is 14.2. The number of anilines is 2. The maximum absolute atomic E-state index is 12.3. The average molecular weight is 263 g/mol. The number of carbonyl (C=O) groups is 1. The molecule has 0 saturated carbocycles. The number of benzene rings is 1. The Kier molecular flexibility index (Phi) is 5.36. The minimum atomic E-state index is -0.146. The van der Waals surface area contributed by atoms with Crippen molar-refractivity contribution in [3.63, 3.8) is 0 Å². The van der Waals surface area contributed by atoms with E-state index in [2.05, 4.69) is 12.2 Å². The highest BCUT2D eigenvalue weighted by atomic mass is 16.2. The predicted octanol–water partition coefficient (Wildman–Crippen LogP) is 2.36. The fourth-order valence-electron chi connectivity index (χ4n) is 2.34. The van der Waals surface area contributed by atoms with Crippen LogP contribution in [0.15, 0.2) is 18.2 Å². The first kappa shape index (κ1) is 15.5. The Morgan fingerprint density at radius 3 is 2.42 bits per heavy atom. The molecule has 0 saturated heterocycles. The van der Waals surface area contributed by atoms with Gasteiger partial charge in [-0.25, -0.2) is 0 Å². The normalized spacial score (nSPS) is 12.8. The SMILES string of the molecule is CCc1ccc(NC(=O)C(C(C)C)N(C)C)cc1N. The monoisotopic (exact) mass is 263 g/mol. The molecular formula is C15H25N3O. The number of nitrogens with one attached hydrogen (secondary N) is 1. The van der Waals surface area contributed by atoms with Crippen LogP contribution < -0.4 is 11.1 Å². The van der Waals surface area contributed by atoms with Crippen LogP contribution in [0, 0.1) is 5.92 Å². The van der Waals surface area contributed by atoms with E-state index >= 15 is 0 Å². The van der Waals surface area contributed by atoms with Crippen molar-refractivity contribution in [2.24, 2.45) is 5.92 Å². The molecule has 1 unspecified atom stereocenters. The van der Waals surface area contributed by atoms with Gasteiger partial charge in [-0.3, -0.25) is 9.69 Å². The number of aryl methyl sites for hydroxylation is 1. The predicted molar refractivity (Wildman–Crippen MR) is 81.2 cm³/mol. The highest BCUT2D eigenvalue weighted by Crippen LogP contribution is 2.19. The maximum atomic E-state index is 12.3. The van der Waals surface area contributed by atoms with Gasteiger partial charge in [0.05, 0.1) is 6.04 Å². The molecule has 0 aromatic heterocycles. The number of likely N-dealkylation sites (N-methyl/N-ethyl adjacent to an activating group) is 1. The number of carbonyl (C=O) groups excluding carboxylic acids is 1. The molecule has 1 rings (SSSR count). The molecular weight excluding hydrogens is 238 g/mol. The molecule has 1 amide bonds. The molecule has 3 N–H and O–H groups in total. The van der Waals surface area contributed by atoms with Crippen LogP contribution in [0.3, 0.4) is 0 Å². The Labute approximate surface area is 116 Å². The van der Waals surface area contributed by atoms with Gasteiger partial charge in [0.15, 0.2) is 0 Å². The Bertz CT molecular complexity index is 433. The molecule has 106 valence electrons. The number of hydrogen-bond donors (Lipinski definition) is 2. The van der Waals surface area contributed by atoms with Gasteiger partial charge >= 0.3 is 0 Å². The molecule has 0 aliphatic heterocycles. The van der Waals surface area contributed by atoms with Crippen LogP contribution in [-0.2, 0) is 11.2 Å². The van der Waals surface area contributed by atoms with E-state index in [0.29, 0.717) is 0 Å². The quantitative estimate of drug-likeness (QED) is 0.802. The largest absolute Gasteiger partial charge is 0.398 e. The molecule has 0 aliphatic carbocycles. The van der Waals surface area contributed by atoms with E-state index in [4.69, 9.17) is 5.73 Å². The summed E-state index contributed by atoms with van der Waals surface area (Å²) in [6.45, 7) is 6.14. The van der Waals surface area contributed by atoms with E-state index in [1.807, 2.05) is 51.0 Å². The summed E-state index contributed by atoms with van der Waals surface area (Å²) in [5.74, 6) is 0.255. The van der Waals surface area contributed by atoms with Crippen molar-refractivity contribution in [2.75, 3.05) is 25.1 Å². The number of amides is 1. The van der Waals surface area contributed by atoms with E-state index in [-0.39, 0.29) is 17.9 Å². The van der Waals surface area contributed by atoms with Crippen LogP contribution >= 0.6 is 0 Å². The smallest absolute Gasteiger partial charge is 0.241 e. The van der Waals surface area contributed by atoms with Crippen LogP contribution in [0.1, 0.15) is 26.3 Å². The fraction of sp³-hybridized carbons (Fsp3) is 0.533. The fourth-order valence-corrected chi connectivity index (χ4v) is 2.34. The summed E-state index contributed by atoms with van der Waals surface area (Å²) in [6.07, 6.45) is 0.895. The van der Waals surface area contributed by atoms with Crippen molar-refractivity contribution in [1.82, 2.24) is 4.90 Å². The molecule has 4 nitrogen and oxygen atoms in total. The zero-order valence-corrected chi connectivity index (χ0v) is 12.5. The number of rotatable bonds is 5. The zero-order valence-electron chi connectivity index (χ0n) is 12.5. The molecule has 0 radical (unpaired) electrons. The van der Waals surface area contributed by atoms with Gasteiger partial charge in [0.1, 0.15) is 0 Å². The van der Waals surface area contributed by atoms with E-state index in [1.165, 1.54) is 0 Å². The first-order valence-electron chi connectivity index (χ1n) is 6.72. The second kappa shape index (κ2) is 6.57. The third-order valence-corrected chi connectivity index (χ3v) is 3.25. The first-order chi connectivity index (χ1) is 8.86. The van der Waals surface area contributed by atoms with Gasteiger partial charge in [-0.2, -0.15) is 0 Å². The lowest BCUT2D eigenvalue weighted by molar-refractivity contribution is -0.121. The van der Waals surface area contributed by atoms with Crippen molar-refractivity contribution in [2.45, 2.75) is 33.2 Å². The third-order valence-electron chi connectivity index (χ3n) is 3.25. The van der Waals surface area contributed by atoms with Gasteiger partial charge in [0, 0.05) is 11.4 Å². The molecule has 0 fully saturated rings. The van der Waals surface area contributed by atoms with Crippen LogP contribution in [0.4, 0.5) is 11.4 Å². The average Bonchev–Trinajstić information content (AvgIpc) is 2.27. The number of nitrogen functional groups attached to an aromatic ring is 1. The number of nitrogens with zero attached hydrogens (tertiary/aromatic N) is 1. The van der Waals surface area contributed by atoms with E-state index < -0.39 is 0 Å². The summed E-state index contributed by atoms with van der Waals surface area (Å²) >= 11 is 0. The minimum Gasteiger partial charge on any atom is -0.398 e. The molecule has 0 bridgehead atoms. The van der Waals surface area contributed by atoms with Gasteiger partial charge in [-0.15, -0.1) is 0 Å². The molecule has 1 aromatic rings. The molecule has 0 aliphatic rings. The van der Waals surface area contributed by atoms with Crippen molar-refractivity contribution in [1.29, 1.82) is 0 Å². The first-order valence-corrected chi connectivity index (χ1v) is 6.72. The van der Waals surface area contributed by atoms with Crippen molar-refractivity contribution >= 4 is 17.3 Å². The van der Waals surface area contributed by atoms with Gasteiger partial charge < -0.3 is 11.1 Å². The lowest BCUT2D eigenvalue weighted by Crippen LogP contribution is -2.43. The van der Waals surface area contributed by atoms with Crippen molar-refractivity contribution < 1.29 is 4.79 Å². The second-order valence-electron chi connectivity index (χ2n) is 5.41. The standard InChI is InChI=1S/C15H25N3O/c1-6-11-7-8-12(9-13(11)16)17-15(19)14(10(2)3)18(4)5/h7-10,14H,6,16H2,1-5H3,(H,17,19). The molecule has 4 heteroatoms. The van der Waals surface area contributed by atoms with Crippen molar-refractivity contribution in [3.05, 3.63) is 23.8 Å². The van der Waals surface area contributed by atoms with Crippen LogP contribution in [0.5, 0.6) is 0 Å². The van der Waals surface area contributed by atoms with Gasteiger partial charge in [0.2, 0.25) is 5.91 Å². The topological polar surface area (TPSA) is 58.4 Å². The zero-order chi connectivity index (χ0) is 14.6. The summed E-state index contributed by atoms with van der Waals surface area (Å²) in [5.41, 5.74) is 8.53. The Morgan fingerprint density at radius 1 is 1.37 bits per heavy atom. The van der Waals surface area contributed by atoms with Crippen molar-refractivity contribution in [3.8, 4) is 0 Å². The molecule has 1 atom stereocenters. The summed E-state index contributed by atoms with van der Waals surface area (Å²) in [5, 5.41) is 2.94. The Balaban J connectivity index is 2.84. The third kappa shape index (κ3) is 3.96. The van der Waals surface area contributed by atoms with E-state index in [9.17, 15) is 4.79 Å². The van der Waals surface area contributed by atoms with Crippen LogP contribution in [0.2, 0.25) is 0 Å². The van der Waals surface area contributed by atoms with Crippen LogP contribution in [0.25, 0.3) is 0 Å². The van der Waals surface area contributed by atoms with Gasteiger partial charge in [0.25, 0.3) is 0 Å². The Hall–Kier alpha value is -1.55. The highest BCUT2D eigenvalue weighted by Gasteiger charge is 2.24. The second-order valence-corrected chi connectivity index (χ2v) is 5.41. The minimum absolute atomic E-state index is 0.00338. The number of nitrogens with two attached hydrogens (primary N) is 1. The lowest BCUT2D eigenvalue weighted by Gasteiger charge is -2.26. The van der Waals surface area contributed by atoms with E-state index in [1.54, 1.807) is 0 Å².